The number of nitrogens with zero attached hydrogens (tertiary/aromatic N) is 3. The number of amides is 2. The van der Waals surface area contributed by atoms with Gasteiger partial charge in [-0.1, -0.05) is 18.2 Å². The fourth-order valence-electron chi connectivity index (χ4n) is 3.26. The number of rotatable bonds is 2. The van der Waals surface area contributed by atoms with Gasteiger partial charge in [-0.15, -0.1) is 0 Å². The molecule has 24 heavy (non-hydrogen) atoms. The Morgan fingerprint density at radius 2 is 2.21 bits per heavy atom. The standard InChI is InChI=1S/C17H20N6O/c1-10(16-19-11(2)21-22-16)18-17(24)23-8-7-13-12-5-3-4-6-14(12)20-15(13)9-23/h3-6,10,20H,7-9H2,1-2H3,(H,18,24)(H,19,21,22)/t10-/m0/s1. The molecule has 0 fully saturated rings. The summed E-state index contributed by atoms with van der Waals surface area (Å²) in [5.41, 5.74) is 3.58. The van der Waals surface area contributed by atoms with Crippen LogP contribution < -0.4 is 5.32 Å². The first-order valence-electron chi connectivity index (χ1n) is 8.14. The number of aromatic amines is 2. The van der Waals surface area contributed by atoms with E-state index in [-0.39, 0.29) is 12.1 Å². The molecule has 3 heterocycles. The number of hydrogen-bond donors (Lipinski definition) is 3. The third-order valence-corrected chi connectivity index (χ3v) is 4.51. The van der Waals surface area contributed by atoms with Crippen LogP contribution in [0.2, 0.25) is 0 Å². The van der Waals surface area contributed by atoms with Crippen LogP contribution in [0.25, 0.3) is 10.9 Å². The first-order valence-corrected chi connectivity index (χ1v) is 8.14. The Hall–Kier alpha value is -2.83. The summed E-state index contributed by atoms with van der Waals surface area (Å²) in [6, 6.07) is 7.96. The molecule has 0 saturated heterocycles. The molecule has 1 aliphatic heterocycles. The number of fused-ring (bicyclic) bond motifs is 3. The molecule has 0 radical (unpaired) electrons. The number of para-hydroxylation sites is 1. The molecule has 1 atom stereocenters. The van der Waals surface area contributed by atoms with Gasteiger partial charge < -0.3 is 15.2 Å². The Morgan fingerprint density at radius 3 is 3.00 bits per heavy atom. The molecule has 3 N–H and O–H groups in total. The van der Waals surface area contributed by atoms with Crippen LogP contribution in [0.1, 0.15) is 35.9 Å². The zero-order chi connectivity index (χ0) is 16.7. The van der Waals surface area contributed by atoms with Gasteiger partial charge in [-0.3, -0.25) is 5.10 Å². The van der Waals surface area contributed by atoms with E-state index >= 15 is 0 Å². The maximum Gasteiger partial charge on any atom is 0.318 e. The van der Waals surface area contributed by atoms with Crippen molar-refractivity contribution in [1.29, 1.82) is 0 Å². The van der Waals surface area contributed by atoms with Gasteiger partial charge in [0.25, 0.3) is 0 Å². The molecule has 0 aliphatic carbocycles. The minimum Gasteiger partial charge on any atom is -0.357 e. The second kappa shape index (κ2) is 5.67. The Balaban J connectivity index is 1.48. The summed E-state index contributed by atoms with van der Waals surface area (Å²) in [6.07, 6.45) is 0.862. The monoisotopic (exact) mass is 324 g/mol. The topological polar surface area (TPSA) is 89.7 Å². The highest BCUT2D eigenvalue weighted by molar-refractivity contribution is 5.85. The number of urea groups is 1. The van der Waals surface area contributed by atoms with Gasteiger partial charge >= 0.3 is 6.03 Å². The first kappa shape index (κ1) is 14.7. The lowest BCUT2D eigenvalue weighted by Crippen LogP contribution is -2.43. The van der Waals surface area contributed by atoms with Gasteiger partial charge in [0.15, 0.2) is 5.82 Å². The summed E-state index contributed by atoms with van der Waals surface area (Å²) in [4.78, 5) is 22.1. The van der Waals surface area contributed by atoms with Crippen molar-refractivity contribution in [3.05, 3.63) is 47.2 Å². The van der Waals surface area contributed by atoms with E-state index in [1.165, 1.54) is 10.9 Å². The van der Waals surface area contributed by atoms with Crippen LogP contribution in [0.15, 0.2) is 24.3 Å². The molecule has 2 aromatic heterocycles. The first-order chi connectivity index (χ1) is 11.6. The summed E-state index contributed by atoms with van der Waals surface area (Å²) in [5, 5.41) is 11.1. The molecule has 1 aromatic carbocycles. The maximum absolute atomic E-state index is 12.5. The molecule has 0 unspecified atom stereocenters. The second-order valence-electron chi connectivity index (χ2n) is 6.25. The van der Waals surface area contributed by atoms with Gasteiger partial charge in [0.1, 0.15) is 5.82 Å². The van der Waals surface area contributed by atoms with Crippen LogP contribution >= 0.6 is 0 Å². The molecule has 4 rings (SSSR count). The van der Waals surface area contributed by atoms with Crippen molar-refractivity contribution in [1.82, 2.24) is 30.4 Å². The molecular weight excluding hydrogens is 304 g/mol. The minimum atomic E-state index is -0.230. The minimum absolute atomic E-state index is 0.0886. The van der Waals surface area contributed by atoms with E-state index in [1.807, 2.05) is 24.8 Å². The number of hydrogen-bond acceptors (Lipinski definition) is 3. The van der Waals surface area contributed by atoms with Crippen LogP contribution in [-0.2, 0) is 13.0 Å². The highest BCUT2D eigenvalue weighted by atomic mass is 16.2. The van der Waals surface area contributed by atoms with Crippen molar-refractivity contribution < 1.29 is 4.79 Å². The molecule has 3 aromatic rings. The number of nitrogens with one attached hydrogen (secondary N) is 3. The Labute approximate surface area is 139 Å². The molecule has 7 heteroatoms. The molecule has 124 valence electrons. The van der Waals surface area contributed by atoms with Crippen LogP contribution in [0.3, 0.4) is 0 Å². The van der Waals surface area contributed by atoms with Crippen LogP contribution in [0.4, 0.5) is 4.79 Å². The molecule has 1 aliphatic rings. The summed E-state index contributed by atoms with van der Waals surface area (Å²) in [6.45, 7) is 5.03. The van der Waals surface area contributed by atoms with Crippen molar-refractivity contribution in [2.75, 3.05) is 6.54 Å². The van der Waals surface area contributed by atoms with Gasteiger partial charge in [-0.25, -0.2) is 9.78 Å². The predicted octanol–water partition coefficient (Wildman–Crippen LogP) is 2.42. The van der Waals surface area contributed by atoms with E-state index in [9.17, 15) is 4.79 Å². The molecule has 7 nitrogen and oxygen atoms in total. The molecule has 2 amide bonds. The van der Waals surface area contributed by atoms with Crippen molar-refractivity contribution in [3.8, 4) is 0 Å². The lowest BCUT2D eigenvalue weighted by Gasteiger charge is -2.28. The van der Waals surface area contributed by atoms with Crippen molar-refractivity contribution >= 4 is 16.9 Å². The number of H-pyrrole nitrogens is 2. The number of aryl methyl sites for hydroxylation is 1. The second-order valence-corrected chi connectivity index (χ2v) is 6.25. The van der Waals surface area contributed by atoms with E-state index in [0.717, 1.165) is 23.5 Å². The van der Waals surface area contributed by atoms with Crippen LogP contribution in [0.5, 0.6) is 0 Å². The van der Waals surface area contributed by atoms with Crippen LogP contribution in [0, 0.1) is 6.92 Å². The highest BCUT2D eigenvalue weighted by Gasteiger charge is 2.25. The van der Waals surface area contributed by atoms with E-state index in [2.05, 4.69) is 43.7 Å². The normalized spacial score (nSPS) is 15.3. The van der Waals surface area contributed by atoms with Gasteiger partial charge in [-0.05, 0) is 31.9 Å². The van der Waals surface area contributed by atoms with Crippen molar-refractivity contribution in [3.63, 3.8) is 0 Å². The van der Waals surface area contributed by atoms with Crippen molar-refractivity contribution in [2.24, 2.45) is 0 Å². The van der Waals surface area contributed by atoms with Crippen LogP contribution in [-0.4, -0.2) is 37.6 Å². The quantitative estimate of drug-likeness (QED) is 0.676. The molecule has 0 spiro atoms. The fraction of sp³-hybridized carbons (Fsp3) is 0.353. The molecule has 0 saturated carbocycles. The number of benzene rings is 1. The number of carbonyl (C=O) groups is 1. The highest BCUT2D eigenvalue weighted by Crippen LogP contribution is 2.27. The van der Waals surface area contributed by atoms with Gasteiger partial charge in [-0.2, -0.15) is 5.10 Å². The van der Waals surface area contributed by atoms with Gasteiger partial charge in [0, 0.05) is 23.1 Å². The summed E-state index contributed by atoms with van der Waals surface area (Å²) in [7, 11) is 0. The third-order valence-electron chi connectivity index (χ3n) is 4.51. The fourth-order valence-corrected chi connectivity index (χ4v) is 3.26. The Morgan fingerprint density at radius 1 is 1.38 bits per heavy atom. The van der Waals surface area contributed by atoms with Gasteiger partial charge in [0.2, 0.25) is 0 Å². The molecule has 0 bridgehead atoms. The lowest BCUT2D eigenvalue weighted by molar-refractivity contribution is 0.188. The Kier molecular flexibility index (Phi) is 3.48. The summed E-state index contributed by atoms with van der Waals surface area (Å²) < 4.78 is 0. The molecular formula is C17H20N6O. The summed E-state index contributed by atoms with van der Waals surface area (Å²) >= 11 is 0. The van der Waals surface area contributed by atoms with E-state index in [0.29, 0.717) is 18.9 Å². The average Bonchev–Trinajstić information content (AvgIpc) is 3.17. The van der Waals surface area contributed by atoms with Gasteiger partial charge in [0.05, 0.1) is 12.6 Å². The Bertz CT molecular complexity index is 896. The van der Waals surface area contributed by atoms with E-state index in [1.54, 1.807) is 0 Å². The SMILES string of the molecule is Cc1nc([C@H](C)NC(=O)N2CCc3c([nH]c4ccccc34)C2)n[nH]1. The maximum atomic E-state index is 12.5. The van der Waals surface area contributed by atoms with E-state index in [4.69, 9.17) is 0 Å². The number of aromatic nitrogens is 4. The summed E-state index contributed by atoms with van der Waals surface area (Å²) in [5.74, 6) is 1.34. The lowest BCUT2D eigenvalue weighted by atomic mass is 10.0. The zero-order valence-corrected chi connectivity index (χ0v) is 13.8. The zero-order valence-electron chi connectivity index (χ0n) is 13.8. The third kappa shape index (κ3) is 2.51. The largest absolute Gasteiger partial charge is 0.357 e. The van der Waals surface area contributed by atoms with Crippen molar-refractivity contribution in [2.45, 2.75) is 32.9 Å². The predicted molar refractivity (Wildman–Crippen MR) is 90.5 cm³/mol. The average molecular weight is 324 g/mol. The smallest absolute Gasteiger partial charge is 0.318 e. The number of carbonyl (C=O) groups excluding carboxylic acids is 1. The van der Waals surface area contributed by atoms with E-state index < -0.39 is 0 Å².